The number of unbranched alkanes of at least 4 members (excludes halogenated alkanes) is 1. The summed E-state index contributed by atoms with van der Waals surface area (Å²) in [5.41, 5.74) is 11.8. The van der Waals surface area contributed by atoms with Crippen LogP contribution in [-0.2, 0) is 97.0 Å². The number of carbonyl (C=O) groups excluding carboxylic acids is 14. The topological polar surface area (TPSA) is 710 Å². The maximum absolute atomic E-state index is 14.8. The molecule has 0 aliphatic carbocycles. The largest absolute Gasteiger partial charge is 0.508 e. The number of carbonyl (C=O) groups is 17. The van der Waals surface area contributed by atoms with E-state index in [4.69, 9.17) is 16.0 Å². The van der Waals surface area contributed by atoms with E-state index in [2.05, 4.69) is 53.2 Å². The number of aliphatic hydroxyl groups excluding tert-OH is 3. The quantitative estimate of drug-likeness (QED) is 0.0213. The molecule has 1 aromatic carbocycles. The molecule has 0 unspecified atom stereocenters. The Morgan fingerprint density at radius 3 is 1.48 bits per heavy atom. The average molecular weight is 1630 g/mol. The molecule has 1 aromatic rings. The van der Waals surface area contributed by atoms with Gasteiger partial charge in [-0.15, -0.1) is 0 Å². The van der Waals surface area contributed by atoms with E-state index in [1.54, 1.807) is 27.7 Å². The van der Waals surface area contributed by atoms with Crippen LogP contribution in [0.1, 0.15) is 133 Å². The Morgan fingerprint density at radius 2 is 0.982 bits per heavy atom. The number of nitrogens with zero attached hydrogens (tertiary/aromatic N) is 1. The Labute approximate surface area is 650 Å². The predicted octanol–water partition coefficient (Wildman–Crippen LogP) is -7.75. The summed E-state index contributed by atoms with van der Waals surface area (Å²) in [5.74, 6) is -23.1. The second kappa shape index (κ2) is 48.1. The van der Waals surface area contributed by atoms with Crippen LogP contribution in [-0.4, -0.2) is 281 Å². The van der Waals surface area contributed by atoms with Crippen molar-refractivity contribution in [2.24, 2.45) is 35.1 Å². The van der Waals surface area contributed by atoms with Crippen LogP contribution < -0.4 is 80.6 Å². The van der Waals surface area contributed by atoms with Crippen LogP contribution in [0.25, 0.3) is 0 Å². The smallest absolute Gasteiger partial charge is 0.469 e. The molecule has 0 spiro atoms. The van der Waals surface area contributed by atoms with Crippen LogP contribution in [0.2, 0.25) is 0 Å². The van der Waals surface area contributed by atoms with Crippen molar-refractivity contribution >= 4 is 108 Å². The van der Waals surface area contributed by atoms with Gasteiger partial charge in [-0.25, -0.2) is 9.36 Å². The number of hydrogen-bond acceptors (Lipinski definition) is 25. The molecular weight excluding hydrogens is 1520 g/mol. The fourth-order valence-corrected chi connectivity index (χ4v) is 11.5. The number of nitrogens with one attached hydrogen (secondary N) is 13. The number of aliphatic carboxylic acids is 3. The number of carboxylic acids is 3. The summed E-state index contributed by atoms with van der Waals surface area (Å²) in [5, 5.41) is 98.0. The number of benzene rings is 1. The zero-order valence-electron chi connectivity index (χ0n) is 64.4. The minimum Gasteiger partial charge on any atom is -0.508 e. The number of phosphoric acid groups is 1. The van der Waals surface area contributed by atoms with Gasteiger partial charge in [-0.2, -0.15) is 0 Å². The first-order valence-electron chi connectivity index (χ1n) is 36.4. The Balaban J connectivity index is 2.46. The highest BCUT2D eigenvalue weighted by Crippen LogP contribution is 2.36. The second-order valence-corrected chi connectivity index (χ2v) is 29.4. The number of phenolic OH excluding ortho intramolecular Hbond substituents is 1. The van der Waals surface area contributed by atoms with E-state index in [9.17, 15) is 132 Å². The summed E-state index contributed by atoms with van der Waals surface area (Å²) in [6.07, 6.45) is -3.80. The predicted molar refractivity (Wildman–Crippen MR) is 394 cm³/mol. The van der Waals surface area contributed by atoms with Gasteiger partial charge in [0.1, 0.15) is 84.3 Å². The van der Waals surface area contributed by atoms with Crippen molar-refractivity contribution in [3.05, 3.63) is 29.8 Å². The summed E-state index contributed by atoms with van der Waals surface area (Å²) >= 11 is 0. The number of carboxylic acid groups (broad SMARTS) is 3. The summed E-state index contributed by atoms with van der Waals surface area (Å²) in [6, 6.07) is -17.6. The summed E-state index contributed by atoms with van der Waals surface area (Å²) in [6.45, 7) is 9.93. The van der Waals surface area contributed by atoms with Gasteiger partial charge in [0.15, 0.2) is 0 Å². The minimum absolute atomic E-state index is 0.0784. The van der Waals surface area contributed by atoms with Crippen LogP contribution in [0.15, 0.2) is 24.3 Å². The standard InChI is InChI=1S/C68H111N16O28P/c1-11-34(8)53(82-58(97)40(21-22-48(90)91)73-55(94)35(9)70)65(104)81-50(31(2)3)62(101)75-41(25-37-17-19-38(88)20-18-37)59(98)74-39(15-12-13-23-69)57(96)78-45(30-112-113(109,110)111)67(106)84-24-14-16-46(84)61(100)79-52(33(6)7)64(103)80-51(32(4)5)63(102)76-43(28-85)56(95)71-27-47(89)72-42(26-49(92)93)60(99)83-54(36(10)87)66(105)77-44(29-86)68(107)108/h17-20,31-36,39-46,50-54,85-88H,11-16,21-30,69-70H2,1-10H3,(H,71,95)(H,72,89)(H,73,94)(H,74,98)(H,75,101)(H,76,102)(H,77,105)(H,78,96)(H,79,100)(H,80,103)(H,81,104)(H,82,97)(H,83,99)(H,90,91)(H,92,93)(H,107,108)(H2,109,110,111)/t34-,35-,36+,39-,40-,41-,42-,43-,44-,45-,46-,50-,51-,52-,53-,54-/m0/s1. The molecule has 1 heterocycles. The number of rotatable bonds is 50. The monoisotopic (exact) mass is 1630 g/mol. The lowest BCUT2D eigenvalue weighted by Crippen LogP contribution is -2.62. The van der Waals surface area contributed by atoms with Crippen molar-refractivity contribution in [1.29, 1.82) is 0 Å². The number of hydrogen-bond donors (Lipinski definition) is 24. The van der Waals surface area contributed by atoms with Gasteiger partial charge in [0.25, 0.3) is 0 Å². The van der Waals surface area contributed by atoms with Crippen molar-refractivity contribution in [2.75, 3.05) is 39.5 Å². The molecule has 1 aliphatic rings. The molecule has 1 aliphatic heterocycles. The van der Waals surface area contributed by atoms with Gasteiger partial charge < -0.3 is 131 Å². The van der Waals surface area contributed by atoms with Gasteiger partial charge in [0.2, 0.25) is 82.7 Å². The average Bonchev–Trinajstić information content (AvgIpc) is 1.81. The molecular formula is C68H111N16O28P. The van der Waals surface area contributed by atoms with Crippen molar-refractivity contribution < 1.29 is 136 Å². The van der Waals surface area contributed by atoms with Gasteiger partial charge in [-0.05, 0) is 100 Å². The normalized spacial score (nSPS) is 16.8. The van der Waals surface area contributed by atoms with Crippen LogP contribution in [0.5, 0.6) is 5.75 Å². The number of aromatic hydroxyl groups is 1. The van der Waals surface area contributed by atoms with Gasteiger partial charge in [-0.3, -0.25) is 81.2 Å². The third-order valence-corrected chi connectivity index (χ3v) is 18.3. The number of phosphoric ester groups is 1. The van der Waals surface area contributed by atoms with Crippen LogP contribution in [0, 0.1) is 23.7 Å². The maximum Gasteiger partial charge on any atom is 0.469 e. The molecule has 0 aromatic heterocycles. The van der Waals surface area contributed by atoms with E-state index in [-0.39, 0.29) is 70.2 Å². The van der Waals surface area contributed by atoms with E-state index < -0.39 is 262 Å². The molecule has 1 saturated heterocycles. The Hall–Kier alpha value is -10.1. The van der Waals surface area contributed by atoms with E-state index in [0.717, 1.165) is 11.8 Å². The Kier molecular flexibility index (Phi) is 42.1. The fourth-order valence-electron chi connectivity index (χ4n) is 11.1. The number of aliphatic hydroxyl groups is 3. The molecule has 45 heteroatoms. The first-order valence-corrected chi connectivity index (χ1v) is 38.0. The molecule has 0 radical (unpaired) electrons. The molecule has 2 rings (SSSR count). The van der Waals surface area contributed by atoms with Crippen molar-refractivity contribution in [2.45, 2.75) is 224 Å². The van der Waals surface area contributed by atoms with E-state index >= 15 is 0 Å². The van der Waals surface area contributed by atoms with Crippen molar-refractivity contribution in [3.63, 3.8) is 0 Å². The fraction of sp³-hybridized carbons (Fsp3) is 0.662. The van der Waals surface area contributed by atoms with Crippen LogP contribution in [0.3, 0.4) is 0 Å². The molecule has 16 atom stereocenters. The molecule has 1 fully saturated rings. The lowest BCUT2D eigenvalue weighted by Gasteiger charge is -2.32. The van der Waals surface area contributed by atoms with Crippen LogP contribution in [0.4, 0.5) is 0 Å². The number of likely N-dealkylation sites (tertiary alicyclic amines) is 1. The number of amides is 14. The molecule has 0 bridgehead atoms. The molecule has 0 saturated carbocycles. The van der Waals surface area contributed by atoms with Gasteiger partial charge in [-0.1, -0.05) is 73.9 Å². The van der Waals surface area contributed by atoms with Gasteiger partial charge in [0, 0.05) is 19.4 Å². The minimum atomic E-state index is -5.47. The maximum atomic E-state index is 14.8. The molecule has 14 amide bonds. The highest BCUT2D eigenvalue weighted by molar-refractivity contribution is 7.46. The number of phenols is 1. The Bertz CT molecular complexity index is 3530. The first kappa shape index (κ1) is 99.0. The third kappa shape index (κ3) is 34.0. The zero-order chi connectivity index (χ0) is 86.1. The first-order chi connectivity index (χ1) is 52.7. The molecule has 44 nitrogen and oxygen atoms in total. The summed E-state index contributed by atoms with van der Waals surface area (Å²) in [4.78, 5) is 249. The van der Waals surface area contributed by atoms with Gasteiger partial charge in [0.05, 0.1) is 44.9 Å². The second-order valence-electron chi connectivity index (χ2n) is 28.1. The summed E-state index contributed by atoms with van der Waals surface area (Å²) < 4.78 is 17.0. The van der Waals surface area contributed by atoms with Gasteiger partial charge >= 0.3 is 25.7 Å². The molecule has 113 heavy (non-hydrogen) atoms. The SMILES string of the molecule is CC[C@H](C)[C@H](NC(=O)[C@H](CCC(=O)O)NC(=O)[C@H](C)N)C(=O)N[C@H](C(=O)N[C@@H](Cc1ccc(O)cc1)C(=O)N[C@@H](CCCCN)C(=O)N[C@@H](COP(=O)(O)O)C(=O)N1CCC[C@H]1C(=O)N[C@H](C(=O)N[C@H](C(=O)N[C@@H](CO)C(=O)NCC(=O)N[C@@H](CC(=O)O)C(=O)N[C@H](C(=O)N[C@@H](CO)C(=O)O)[C@@H](C)O)C(C)C)C(C)C)C(C)C. The molecule has 636 valence electrons. The zero-order valence-corrected chi connectivity index (χ0v) is 65.3. The summed E-state index contributed by atoms with van der Waals surface area (Å²) in [7, 11) is -5.47. The van der Waals surface area contributed by atoms with E-state index in [1.807, 2.05) is 16.0 Å². The highest BCUT2D eigenvalue weighted by Gasteiger charge is 2.43. The highest BCUT2D eigenvalue weighted by atomic mass is 31.2. The van der Waals surface area contributed by atoms with Crippen LogP contribution >= 0.6 is 7.82 Å². The molecule has 26 N–H and O–H groups in total. The third-order valence-electron chi connectivity index (χ3n) is 17.8. The lowest BCUT2D eigenvalue weighted by atomic mass is 9.95. The Morgan fingerprint density at radius 1 is 0.531 bits per heavy atom. The van der Waals surface area contributed by atoms with Crippen molar-refractivity contribution in [3.8, 4) is 5.75 Å². The number of nitrogens with two attached hydrogens (primary N) is 2. The van der Waals surface area contributed by atoms with Crippen molar-refractivity contribution in [1.82, 2.24) is 74.0 Å². The van der Waals surface area contributed by atoms with E-state index in [0.29, 0.717) is 5.56 Å². The van der Waals surface area contributed by atoms with E-state index in [1.165, 1.54) is 58.9 Å². The lowest BCUT2D eigenvalue weighted by molar-refractivity contribution is -0.144.